The average Bonchev–Trinajstić information content (AvgIpc) is 3.20. The fourth-order valence-corrected chi connectivity index (χ4v) is 4.67. The van der Waals surface area contributed by atoms with Crippen LogP contribution in [0, 0.1) is 12.7 Å². The summed E-state index contributed by atoms with van der Waals surface area (Å²) in [5.74, 6) is -1.18. The minimum Gasteiger partial charge on any atom is -0.465 e. The number of ether oxygens (including phenoxy) is 1. The number of aryl methyl sites for hydroxylation is 1. The number of carbonyl (C=O) groups excluding carboxylic acids is 2. The van der Waals surface area contributed by atoms with Crippen LogP contribution in [0.5, 0.6) is 0 Å². The van der Waals surface area contributed by atoms with E-state index in [1.165, 1.54) is 13.2 Å². The third-order valence-electron chi connectivity index (χ3n) is 5.54. The van der Waals surface area contributed by atoms with Crippen molar-refractivity contribution in [2.75, 3.05) is 12.4 Å². The zero-order valence-electron chi connectivity index (χ0n) is 18.9. The Morgan fingerprint density at radius 1 is 1.09 bits per heavy atom. The number of hydrogen-bond donors (Lipinski definition) is 2. The number of methoxy groups -OCH3 is 1. The van der Waals surface area contributed by atoms with Gasteiger partial charge in [-0.15, -0.1) is 0 Å². The highest BCUT2D eigenvalue weighted by Gasteiger charge is 2.29. The van der Waals surface area contributed by atoms with Crippen LogP contribution in [0.3, 0.4) is 0 Å². The summed E-state index contributed by atoms with van der Waals surface area (Å²) >= 11 is 0. The summed E-state index contributed by atoms with van der Waals surface area (Å²) in [4.78, 5) is 27.1. The normalized spacial score (nSPS) is 14.3. The van der Waals surface area contributed by atoms with Crippen LogP contribution in [0.1, 0.15) is 50.6 Å². The summed E-state index contributed by atoms with van der Waals surface area (Å²) in [6, 6.07) is 10.8. The molecule has 0 bridgehead atoms. The van der Waals surface area contributed by atoms with Gasteiger partial charge in [-0.3, -0.25) is 4.79 Å². The first-order chi connectivity index (χ1) is 16.7. The lowest BCUT2D eigenvalue weighted by Crippen LogP contribution is -2.22. The van der Waals surface area contributed by atoms with Gasteiger partial charge in [0.15, 0.2) is 5.76 Å². The minimum atomic E-state index is -4.02. The van der Waals surface area contributed by atoms with Crippen LogP contribution in [-0.2, 0) is 21.2 Å². The number of nitrogens with one attached hydrogen (secondary N) is 2. The van der Waals surface area contributed by atoms with E-state index in [-0.39, 0.29) is 21.9 Å². The van der Waals surface area contributed by atoms with Gasteiger partial charge in [-0.05, 0) is 56.2 Å². The van der Waals surface area contributed by atoms with E-state index < -0.39 is 27.7 Å². The van der Waals surface area contributed by atoms with E-state index >= 15 is 0 Å². The number of carbonyl (C=O) groups is 2. The number of benzene rings is 2. The molecule has 1 aliphatic rings. The number of fused-ring (bicyclic) bond motifs is 1. The second kappa shape index (κ2) is 9.71. The number of amides is 1. The van der Waals surface area contributed by atoms with Gasteiger partial charge in [-0.25, -0.2) is 9.18 Å². The molecule has 0 saturated heterocycles. The third kappa shape index (κ3) is 4.94. The van der Waals surface area contributed by atoms with Gasteiger partial charge in [-0.1, -0.05) is 12.1 Å². The molecule has 1 heterocycles. The Morgan fingerprint density at radius 3 is 2.51 bits per heavy atom. The summed E-state index contributed by atoms with van der Waals surface area (Å²) < 4.78 is 48.8. The summed E-state index contributed by atoms with van der Waals surface area (Å²) in [7, 11) is -2.77. The Labute approximate surface area is 201 Å². The first kappa shape index (κ1) is 24.1. The fourth-order valence-electron chi connectivity index (χ4n) is 3.84. The molecule has 0 radical (unpaired) electrons. The maximum absolute atomic E-state index is 13.1. The van der Waals surface area contributed by atoms with Crippen LogP contribution < -0.4 is 10.1 Å². The van der Waals surface area contributed by atoms with Gasteiger partial charge in [0.2, 0.25) is 0 Å². The molecule has 2 aromatic carbocycles. The number of anilines is 1. The maximum atomic E-state index is 13.1. The van der Waals surface area contributed by atoms with E-state index in [9.17, 15) is 22.4 Å². The maximum Gasteiger partial charge on any atom is 0.339 e. The molecule has 9 nitrogen and oxygen atoms in total. The number of rotatable bonds is 6. The van der Waals surface area contributed by atoms with Crippen molar-refractivity contribution in [3.63, 3.8) is 0 Å². The molecule has 35 heavy (non-hydrogen) atoms. The number of halogens is 1. The van der Waals surface area contributed by atoms with Gasteiger partial charge >= 0.3 is 5.97 Å². The molecule has 1 amide bonds. The van der Waals surface area contributed by atoms with Crippen LogP contribution in [0.25, 0.3) is 0 Å². The van der Waals surface area contributed by atoms with Crippen molar-refractivity contribution in [1.82, 2.24) is 4.83 Å². The highest BCUT2D eigenvalue weighted by molar-refractivity contribution is 7.89. The number of nitrogens with zero attached hydrogens (tertiary/aromatic N) is 1. The topological polar surface area (TPSA) is 127 Å². The third-order valence-corrected chi connectivity index (χ3v) is 6.76. The van der Waals surface area contributed by atoms with E-state index in [0.29, 0.717) is 41.9 Å². The van der Waals surface area contributed by atoms with Crippen molar-refractivity contribution < 1.29 is 31.6 Å². The van der Waals surface area contributed by atoms with Gasteiger partial charge in [0.25, 0.3) is 15.9 Å². The van der Waals surface area contributed by atoms with Crippen LogP contribution in [0.4, 0.5) is 10.1 Å². The van der Waals surface area contributed by atoms with E-state index in [4.69, 9.17) is 9.15 Å². The smallest absolute Gasteiger partial charge is 0.339 e. The number of hydrogen-bond acceptors (Lipinski definition) is 7. The van der Waals surface area contributed by atoms with E-state index in [0.717, 1.165) is 24.3 Å². The molecule has 0 fully saturated rings. The first-order valence-corrected chi connectivity index (χ1v) is 12.1. The Morgan fingerprint density at radius 2 is 1.80 bits per heavy atom. The highest BCUT2D eigenvalue weighted by atomic mass is 32.2. The predicted molar refractivity (Wildman–Crippen MR) is 125 cm³/mol. The molecule has 0 spiro atoms. The number of sulfonamides is 1. The Kier molecular flexibility index (Phi) is 6.70. The van der Waals surface area contributed by atoms with Crippen LogP contribution >= 0.6 is 0 Å². The lowest BCUT2D eigenvalue weighted by Gasteiger charge is -2.14. The SMILES string of the molecule is COC(=O)c1ccccc1NC(=O)c1oc2c(c1C)/C(=N/NS(=O)(=O)c1ccc(F)cc1)CCC2. The van der Waals surface area contributed by atoms with Crippen LogP contribution in [0.2, 0.25) is 0 Å². The molecule has 0 atom stereocenters. The zero-order valence-corrected chi connectivity index (χ0v) is 19.7. The summed E-state index contributed by atoms with van der Waals surface area (Å²) in [6.07, 6.45) is 1.65. The van der Waals surface area contributed by atoms with Gasteiger partial charge in [0.05, 0.1) is 29.0 Å². The van der Waals surface area contributed by atoms with Crippen molar-refractivity contribution in [3.8, 4) is 0 Å². The molecule has 1 aliphatic carbocycles. The lowest BCUT2D eigenvalue weighted by molar-refractivity contribution is 0.0602. The highest BCUT2D eigenvalue weighted by Crippen LogP contribution is 2.31. The minimum absolute atomic E-state index is 0.0330. The standard InChI is InChI=1S/C24H22FN3O6S/c1-14-21-19(27-28-35(31,32)16-12-10-15(25)11-13-16)8-5-9-20(21)34-22(14)23(29)26-18-7-4-3-6-17(18)24(30)33-2/h3-4,6-7,10-13,28H,5,8-9H2,1-2H3,(H,26,29)/b27-19+. The zero-order chi connectivity index (χ0) is 25.2. The quantitative estimate of drug-likeness (QED) is 0.393. The Balaban J connectivity index is 1.61. The summed E-state index contributed by atoms with van der Waals surface area (Å²) in [5, 5.41) is 6.77. The molecule has 2 N–H and O–H groups in total. The van der Waals surface area contributed by atoms with E-state index in [1.54, 1.807) is 25.1 Å². The van der Waals surface area contributed by atoms with Gasteiger partial charge in [0, 0.05) is 17.5 Å². The molecular formula is C24H22FN3O6S. The molecule has 0 saturated carbocycles. The van der Waals surface area contributed by atoms with Crippen molar-refractivity contribution in [3.05, 3.63) is 82.6 Å². The second-order valence-electron chi connectivity index (χ2n) is 7.81. The van der Waals surface area contributed by atoms with Gasteiger partial charge in [0.1, 0.15) is 11.6 Å². The number of esters is 1. The monoisotopic (exact) mass is 499 g/mol. The van der Waals surface area contributed by atoms with Crippen molar-refractivity contribution in [2.45, 2.75) is 31.1 Å². The molecule has 1 aromatic heterocycles. The Hall–Kier alpha value is -3.99. The van der Waals surface area contributed by atoms with Gasteiger partial charge in [-0.2, -0.15) is 18.4 Å². The largest absolute Gasteiger partial charge is 0.465 e. The van der Waals surface area contributed by atoms with Gasteiger partial charge < -0.3 is 14.5 Å². The molecular weight excluding hydrogens is 477 g/mol. The van der Waals surface area contributed by atoms with Crippen molar-refractivity contribution in [1.29, 1.82) is 0 Å². The lowest BCUT2D eigenvalue weighted by atomic mass is 9.93. The van der Waals surface area contributed by atoms with Crippen molar-refractivity contribution in [2.24, 2.45) is 5.10 Å². The number of para-hydroxylation sites is 1. The molecule has 0 aliphatic heterocycles. The van der Waals surface area contributed by atoms with Crippen LogP contribution in [0.15, 0.2) is 62.9 Å². The first-order valence-electron chi connectivity index (χ1n) is 10.7. The van der Waals surface area contributed by atoms with E-state index in [2.05, 4.69) is 15.2 Å². The second-order valence-corrected chi connectivity index (χ2v) is 9.47. The molecule has 11 heteroatoms. The molecule has 4 rings (SSSR count). The average molecular weight is 500 g/mol. The number of furan rings is 1. The summed E-state index contributed by atoms with van der Waals surface area (Å²) in [6.45, 7) is 1.68. The molecule has 0 unspecified atom stereocenters. The van der Waals surface area contributed by atoms with Crippen molar-refractivity contribution >= 4 is 33.3 Å². The fraction of sp³-hybridized carbons (Fsp3) is 0.208. The summed E-state index contributed by atoms with van der Waals surface area (Å²) in [5.41, 5.74) is 1.93. The number of hydrazone groups is 1. The Bertz CT molecular complexity index is 1430. The molecule has 3 aromatic rings. The predicted octanol–water partition coefficient (Wildman–Crippen LogP) is 3.78. The molecule has 182 valence electrons. The van der Waals surface area contributed by atoms with Crippen LogP contribution in [-0.4, -0.2) is 33.1 Å². The van der Waals surface area contributed by atoms with E-state index in [1.807, 2.05) is 0 Å².